The van der Waals surface area contributed by atoms with Gasteiger partial charge in [0.1, 0.15) is 5.82 Å². The van der Waals surface area contributed by atoms with Gasteiger partial charge in [-0.2, -0.15) is 0 Å². The molecular weight excluding hydrogens is 1210 g/mol. The van der Waals surface area contributed by atoms with Crippen LogP contribution in [0.3, 0.4) is 0 Å². The van der Waals surface area contributed by atoms with Crippen molar-refractivity contribution >= 4 is 145 Å². The van der Waals surface area contributed by atoms with Crippen molar-refractivity contribution in [2.75, 3.05) is 43.3 Å². The maximum absolute atomic E-state index is 12.9. The number of piperidine rings is 2. The van der Waals surface area contributed by atoms with Crippen molar-refractivity contribution in [3.8, 4) is 0 Å². The van der Waals surface area contributed by atoms with Crippen molar-refractivity contribution < 1.29 is 14.1 Å². The second kappa shape index (κ2) is 30.6. The monoisotopic (exact) mass is 1250 g/mol. The number of carbonyl (C=O) groups excluding carboxylic acids is 1. The van der Waals surface area contributed by atoms with Gasteiger partial charge in [0, 0.05) is 30.0 Å². The average Bonchev–Trinajstić information content (AvgIpc) is 2.92. The summed E-state index contributed by atoms with van der Waals surface area (Å²) in [6.07, 6.45) is 7.97. The molecule has 0 radical (unpaired) electrons. The zero-order valence-electron chi connectivity index (χ0n) is 22.6. The van der Waals surface area contributed by atoms with Crippen molar-refractivity contribution in [3.63, 3.8) is 0 Å². The van der Waals surface area contributed by atoms with Gasteiger partial charge in [-0.1, -0.05) is 81.1 Å². The summed E-state index contributed by atoms with van der Waals surface area (Å²) in [6.45, 7) is 6.78. The van der Waals surface area contributed by atoms with Crippen molar-refractivity contribution in [1.29, 1.82) is 0 Å². The summed E-state index contributed by atoms with van der Waals surface area (Å²) in [7, 11) is 0. The molecule has 2 saturated heterocycles. The quantitative estimate of drug-likeness (QED) is 0.183. The molecule has 2 aliphatic heterocycles. The van der Waals surface area contributed by atoms with Crippen LogP contribution in [-0.2, 0) is 4.92 Å². The molecule has 0 saturated carbocycles. The van der Waals surface area contributed by atoms with Gasteiger partial charge < -0.3 is 23.0 Å². The van der Waals surface area contributed by atoms with Crippen LogP contribution in [0.2, 0.25) is 0 Å². The Hall–Kier alpha value is 2.56. The summed E-state index contributed by atoms with van der Waals surface area (Å²) in [4.78, 5) is 14.2. The number of benzene rings is 2. The van der Waals surface area contributed by atoms with E-state index in [1.165, 1.54) is 70.6 Å². The first-order valence-electron chi connectivity index (χ1n) is 12.4. The average molecular weight is 1250 g/mol. The summed E-state index contributed by atoms with van der Waals surface area (Å²) >= 11 is 14.2. The number of anilines is 2. The van der Waals surface area contributed by atoms with Crippen molar-refractivity contribution in [2.24, 2.45) is 0 Å². The Morgan fingerprint density at radius 3 is 1.69 bits per heavy atom. The van der Waals surface area contributed by atoms with E-state index in [0.29, 0.717) is 11.3 Å². The van der Waals surface area contributed by atoms with Gasteiger partial charge in [0.15, 0.2) is 0 Å². The van der Waals surface area contributed by atoms with E-state index >= 15 is 0 Å². The van der Waals surface area contributed by atoms with E-state index in [1.807, 2.05) is 24.3 Å². The third-order valence-electron chi connectivity index (χ3n) is 5.16. The Balaban J connectivity index is 0. The zero-order valence-corrected chi connectivity index (χ0v) is 36.9. The van der Waals surface area contributed by atoms with E-state index in [9.17, 15) is 9.18 Å². The van der Waals surface area contributed by atoms with E-state index in [0.717, 1.165) is 18.8 Å². The summed E-state index contributed by atoms with van der Waals surface area (Å²) in [6, 6.07) is 13.4. The van der Waals surface area contributed by atoms with E-state index < -0.39 is 0 Å². The number of nitrogens with one attached hydrogen (secondary N) is 2. The molecule has 4 nitrogen and oxygen atoms in total. The SMILES string of the molecule is C1CCNCC1.CCI.ICI.O=C(Nc1ccc(F)cc1)c1ccc(N2CCCCC2)cc1.[CH3-].[I][V]([I])[I]. The molecule has 0 aromatic heterocycles. The molecule has 0 spiro atoms. The van der Waals surface area contributed by atoms with Crippen LogP contribution >= 0.6 is 128 Å². The van der Waals surface area contributed by atoms with E-state index in [1.54, 1.807) is 12.1 Å². The van der Waals surface area contributed by atoms with Crippen LogP contribution in [0.25, 0.3) is 0 Å². The predicted molar refractivity (Wildman–Crippen MR) is 220 cm³/mol. The summed E-state index contributed by atoms with van der Waals surface area (Å²) < 4.78 is 15.3. The van der Waals surface area contributed by atoms with Crippen LogP contribution < -0.4 is 15.5 Å². The summed E-state index contributed by atoms with van der Waals surface area (Å²) in [5, 5.41) is 6.05. The molecule has 2 aromatic rings. The van der Waals surface area contributed by atoms with Crippen LogP contribution in [0.5, 0.6) is 0 Å². The van der Waals surface area contributed by atoms with Gasteiger partial charge in [0.25, 0.3) is 5.91 Å². The summed E-state index contributed by atoms with van der Waals surface area (Å²) in [5.41, 5.74) is 2.36. The number of nitrogens with zero attached hydrogens (tertiary/aromatic N) is 1. The molecule has 2 aliphatic rings. The molecule has 2 N–H and O–H groups in total. The third-order valence-corrected chi connectivity index (χ3v) is 5.16. The fourth-order valence-electron chi connectivity index (χ4n) is 3.51. The third kappa shape index (κ3) is 25.6. The molecule has 2 heterocycles. The number of hydrogen-bond acceptors (Lipinski definition) is 3. The van der Waals surface area contributed by atoms with Crippen molar-refractivity contribution in [2.45, 2.75) is 45.4 Å². The van der Waals surface area contributed by atoms with Crippen LogP contribution in [0.1, 0.15) is 55.8 Å². The topological polar surface area (TPSA) is 44.4 Å². The standard InChI is InChI=1S/C18H19FN2O.C5H11N.C2H5I.CH2I2.CH3.3HI.V/c19-15-6-8-16(9-7-15)20-18(22)14-4-10-17(11-5-14)21-12-2-1-3-13-21;1-2-4-6-5-3-1;1-2-3;2-1-3;;;;;/h4-11H,1-3,12-13H2,(H,20,22);6H,1-5H2;2H2,1H3;1H2;1H3;3*1H;/q;;;;-1;;;;+3/p-3. The minimum atomic E-state index is -0.316. The van der Waals surface area contributed by atoms with Gasteiger partial charge in [-0.15, -0.1) is 0 Å². The second-order valence-corrected chi connectivity index (χ2v) is 49.3. The fourth-order valence-corrected chi connectivity index (χ4v) is 3.51. The first-order valence-corrected chi connectivity index (χ1v) is 30.5. The number of hydrogen-bond donors (Lipinski definition) is 2. The normalized spacial score (nSPS) is 13.8. The van der Waals surface area contributed by atoms with Gasteiger partial charge in [0.05, 0.1) is 2.43 Å². The molecule has 1 amide bonds. The second-order valence-electron chi connectivity index (χ2n) is 7.93. The number of alkyl halides is 3. The Morgan fingerprint density at radius 1 is 0.872 bits per heavy atom. The van der Waals surface area contributed by atoms with Gasteiger partial charge in [-0.05, 0) is 98.2 Å². The molecule has 0 unspecified atom stereocenters. The first-order chi connectivity index (χ1) is 18.3. The molecule has 2 aromatic carbocycles. The number of carbonyl (C=O) groups is 1. The molecule has 2 fully saturated rings. The zero-order chi connectivity index (χ0) is 28.6. The van der Waals surface area contributed by atoms with Crippen LogP contribution in [0.15, 0.2) is 48.5 Å². The molecule has 12 heteroatoms. The van der Waals surface area contributed by atoms with E-state index in [-0.39, 0.29) is 24.1 Å². The first kappa shape index (κ1) is 43.7. The molecule has 39 heavy (non-hydrogen) atoms. The summed E-state index contributed by atoms with van der Waals surface area (Å²) in [5.74, 6) is -0.499. The fraction of sp³-hybridized carbons (Fsp3) is 0.481. The Kier molecular flexibility index (Phi) is 34.3. The number of halogens is 7. The molecule has 224 valence electrons. The Bertz CT molecular complexity index is 809. The van der Waals surface area contributed by atoms with E-state index in [4.69, 9.17) is 0 Å². The predicted octanol–water partition coefficient (Wildman–Crippen LogP) is 11.2. The van der Waals surface area contributed by atoms with E-state index in [2.05, 4.69) is 150 Å². The van der Waals surface area contributed by atoms with Crippen molar-refractivity contribution in [3.05, 3.63) is 67.3 Å². The van der Waals surface area contributed by atoms with Crippen molar-refractivity contribution in [1.82, 2.24) is 5.32 Å². The maximum atomic E-state index is 12.9. The molecule has 0 aliphatic carbocycles. The Morgan fingerprint density at radius 2 is 1.31 bits per heavy atom. The van der Waals surface area contributed by atoms with Gasteiger partial charge >= 0.3 is 64.9 Å². The van der Waals surface area contributed by atoms with Gasteiger partial charge in [-0.3, -0.25) is 4.79 Å². The van der Waals surface area contributed by atoms with Gasteiger partial charge in [-0.25, -0.2) is 4.39 Å². The van der Waals surface area contributed by atoms with Crippen LogP contribution in [0, 0.1) is 13.2 Å². The molecule has 4 rings (SSSR count). The van der Waals surface area contributed by atoms with Crippen LogP contribution in [0.4, 0.5) is 15.8 Å². The molecule has 0 atom stereocenters. The molecular formula is C27H40FI6N3OV-. The molecule has 0 bridgehead atoms. The minimum absolute atomic E-state index is 0. The van der Waals surface area contributed by atoms with Crippen LogP contribution in [-0.4, -0.2) is 38.9 Å². The number of rotatable bonds is 3. The number of amides is 1. The van der Waals surface area contributed by atoms with Gasteiger partial charge in [0.2, 0.25) is 0 Å². The Labute approximate surface area is 315 Å².